The molecule has 0 spiro atoms. The largest absolute Gasteiger partial charge is 0.491 e. The summed E-state index contributed by atoms with van der Waals surface area (Å²) in [5, 5.41) is 10.8. The first kappa shape index (κ1) is 18.7. The Morgan fingerprint density at radius 2 is 1.67 bits per heavy atom. The van der Waals surface area contributed by atoms with E-state index < -0.39 is 6.10 Å². The SMILES string of the molecule is Cc1cc(C)nc(SC[C@H](O)COc2ccc(C(C)(C)C)cc2)n1. The van der Waals surface area contributed by atoms with E-state index in [2.05, 4.69) is 42.9 Å². The lowest BCUT2D eigenvalue weighted by atomic mass is 9.87. The molecule has 1 aromatic carbocycles. The van der Waals surface area contributed by atoms with Crippen LogP contribution in [0, 0.1) is 13.8 Å². The first-order valence-electron chi connectivity index (χ1n) is 8.10. The summed E-state index contributed by atoms with van der Waals surface area (Å²) in [6.45, 7) is 10.7. The van der Waals surface area contributed by atoms with Gasteiger partial charge in [0.25, 0.3) is 0 Å². The van der Waals surface area contributed by atoms with Gasteiger partial charge in [-0.05, 0) is 43.0 Å². The highest BCUT2D eigenvalue weighted by molar-refractivity contribution is 7.99. The lowest BCUT2D eigenvalue weighted by Gasteiger charge is -2.19. The van der Waals surface area contributed by atoms with E-state index in [1.807, 2.05) is 32.0 Å². The average molecular weight is 346 g/mol. The van der Waals surface area contributed by atoms with Crippen molar-refractivity contribution >= 4 is 11.8 Å². The number of nitrogens with zero attached hydrogens (tertiary/aromatic N) is 2. The number of aromatic nitrogens is 2. The number of aryl methyl sites for hydroxylation is 2. The Bertz CT molecular complexity index is 646. The Labute approximate surface area is 148 Å². The van der Waals surface area contributed by atoms with Crippen LogP contribution in [0.1, 0.15) is 37.7 Å². The molecule has 24 heavy (non-hydrogen) atoms. The van der Waals surface area contributed by atoms with E-state index >= 15 is 0 Å². The van der Waals surface area contributed by atoms with Crippen LogP contribution in [-0.4, -0.2) is 33.5 Å². The number of hydrogen-bond acceptors (Lipinski definition) is 5. The van der Waals surface area contributed by atoms with Gasteiger partial charge in [0, 0.05) is 17.1 Å². The summed E-state index contributed by atoms with van der Waals surface area (Å²) in [4.78, 5) is 8.71. The topological polar surface area (TPSA) is 55.2 Å². The smallest absolute Gasteiger partial charge is 0.188 e. The predicted molar refractivity (Wildman–Crippen MR) is 98.9 cm³/mol. The van der Waals surface area contributed by atoms with E-state index in [0.29, 0.717) is 10.9 Å². The zero-order chi connectivity index (χ0) is 17.7. The molecular formula is C19H26N2O2S. The van der Waals surface area contributed by atoms with Gasteiger partial charge in [-0.25, -0.2) is 9.97 Å². The van der Waals surface area contributed by atoms with Crippen molar-refractivity contribution in [3.63, 3.8) is 0 Å². The van der Waals surface area contributed by atoms with E-state index in [4.69, 9.17) is 4.74 Å². The molecule has 0 saturated heterocycles. The van der Waals surface area contributed by atoms with Crippen molar-refractivity contribution in [2.45, 2.75) is 51.3 Å². The quantitative estimate of drug-likeness (QED) is 0.634. The van der Waals surface area contributed by atoms with E-state index in [-0.39, 0.29) is 12.0 Å². The van der Waals surface area contributed by atoms with Crippen LogP contribution in [0.15, 0.2) is 35.5 Å². The van der Waals surface area contributed by atoms with Crippen molar-refractivity contribution in [3.8, 4) is 5.75 Å². The maximum atomic E-state index is 10.1. The second-order valence-corrected chi connectivity index (χ2v) is 7.97. The minimum Gasteiger partial charge on any atom is -0.491 e. The molecule has 2 rings (SSSR count). The van der Waals surface area contributed by atoms with Crippen LogP contribution in [0.25, 0.3) is 0 Å². The van der Waals surface area contributed by atoms with Gasteiger partial charge in [0.1, 0.15) is 12.4 Å². The van der Waals surface area contributed by atoms with Crippen molar-refractivity contribution in [1.82, 2.24) is 9.97 Å². The Morgan fingerprint density at radius 3 is 2.21 bits per heavy atom. The van der Waals surface area contributed by atoms with Gasteiger partial charge in [0.2, 0.25) is 0 Å². The molecule has 130 valence electrons. The normalized spacial score (nSPS) is 12.9. The molecular weight excluding hydrogens is 320 g/mol. The summed E-state index contributed by atoms with van der Waals surface area (Å²) in [6, 6.07) is 9.98. The van der Waals surface area contributed by atoms with Gasteiger partial charge in [0.15, 0.2) is 5.16 Å². The molecule has 4 nitrogen and oxygen atoms in total. The van der Waals surface area contributed by atoms with Crippen LogP contribution in [0.4, 0.5) is 0 Å². The second-order valence-electron chi connectivity index (χ2n) is 6.98. The molecule has 0 aliphatic heterocycles. The Kier molecular flexibility index (Phi) is 6.24. The summed E-state index contributed by atoms with van der Waals surface area (Å²) in [6.07, 6.45) is -0.568. The van der Waals surface area contributed by atoms with Gasteiger partial charge in [-0.1, -0.05) is 44.7 Å². The lowest BCUT2D eigenvalue weighted by molar-refractivity contribution is 0.126. The van der Waals surface area contributed by atoms with Crippen molar-refractivity contribution in [2.75, 3.05) is 12.4 Å². The molecule has 1 atom stereocenters. The fraction of sp³-hybridized carbons (Fsp3) is 0.474. The summed E-state index contributed by atoms with van der Waals surface area (Å²) in [5.41, 5.74) is 3.27. The van der Waals surface area contributed by atoms with Crippen molar-refractivity contribution < 1.29 is 9.84 Å². The van der Waals surface area contributed by atoms with Crippen LogP contribution in [-0.2, 0) is 5.41 Å². The van der Waals surface area contributed by atoms with Gasteiger partial charge >= 0.3 is 0 Å². The molecule has 0 bridgehead atoms. The molecule has 1 N–H and O–H groups in total. The minimum absolute atomic E-state index is 0.126. The van der Waals surface area contributed by atoms with Crippen molar-refractivity contribution in [2.24, 2.45) is 0 Å². The van der Waals surface area contributed by atoms with E-state index in [1.165, 1.54) is 17.3 Å². The second kappa shape index (κ2) is 7.99. The summed E-state index contributed by atoms with van der Waals surface area (Å²) in [5.74, 6) is 1.28. The zero-order valence-corrected chi connectivity index (χ0v) is 15.9. The Balaban J connectivity index is 1.81. The average Bonchev–Trinajstić information content (AvgIpc) is 2.49. The number of aliphatic hydroxyl groups excluding tert-OH is 1. The number of rotatable bonds is 6. The van der Waals surface area contributed by atoms with Crippen LogP contribution in [0.2, 0.25) is 0 Å². The molecule has 5 heteroatoms. The van der Waals surface area contributed by atoms with Crippen LogP contribution < -0.4 is 4.74 Å². The predicted octanol–water partition coefficient (Wildman–Crippen LogP) is 3.92. The Hall–Kier alpha value is -1.59. The van der Waals surface area contributed by atoms with Crippen molar-refractivity contribution in [3.05, 3.63) is 47.3 Å². The van der Waals surface area contributed by atoms with Gasteiger partial charge in [-0.15, -0.1) is 0 Å². The monoisotopic (exact) mass is 346 g/mol. The molecule has 1 heterocycles. The molecule has 2 aromatic rings. The van der Waals surface area contributed by atoms with Gasteiger partial charge < -0.3 is 9.84 Å². The fourth-order valence-corrected chi connectivity index (χ4v) is 3.08. The molecule has 0 fully saturated rings. The number of thioether (sulfide) groups is 1. The molecule has 0 saturated carbocycles. The molecule has 0 unspecified atom stereocenters. The third-order valence-corrected chi connectivity index (χ3v) is 4.52. The number of ether oxygens (including phenoxy) is 1. The van der Waals surface area contributed by atoms with Crippen LogP contribution in [0.5, 0.6) is 5.75 Å². The highest BCUT2D eigenvalue weighted by Crippen LogP contribution is 2.24. The van der Waals surface area contributed by atoms with Gasteiger partial charge in [0.05, 0.1) is 6.10 Å². The maximum absolute atomic E-state index is 10.1. The van der Waals surface area contributed by atoms with Crippen LogP contribution in [0.3, 0.4) is 0 Å². The van der Waals surface area contributed by atoms with E-state index in [1.54, 1.807) is 0 Å². The summed E-state index contributed by atoms with van der Waals surface area (Å²) in [7, 11) is 0. The van der Waals surface area contributed by atoms with Gasteiger partial charge in [-0.3, -0.25) is 0 Å². The van der Waals surface area contributed by atoms with Crippen LogP contribution >= 0.6 is 11.8 Å². The highest BCUT2D eigenvalue weighted by atomic mass is 32.2. The lowest BCUT2D eigenvalue weighted by Crippen LogP contribution is -2.20. The first-order valence-corrected chi connectivity index (χ1v) is 9.09. The van der Waals surface area contributed by atoms with Crippen molar-refractivity contribution in [1.29, 1.82) is 0 Å². The third-order valence-electron chi connectivity index (χ3n) is 3.53. The number of aliphatic hydroxyl groups is 1. The minimum atomic E-state index is -0.568. The fourth-order valence-electron chi connectivity index (χ4n) is 2.22. The highest BCUT2D eigenvalue weighted by Gasteiger charge is 2.13. The van der Waals surface area contributed by atoms with E-state index in [0.717, 1.165) is 17.1 Å². The Morgan fingerprint density at radius 1 is 1.08 bits per heavy atom. The summed E-state index contributed by atoms with van der Waals surface area (Å²) < 4.78 is 5.67. The summed E-state index contributed by atoms with van der Waals surface area (Å²) >= 11 is 1.45. The molecule has 0 aliphatic carbocycles. The number of benzene rings is 1. The molecule has 0 aliphatic rings. The molecule has 0 amide bonds. The first-order chi connectivity index (χ1) is 11.2. The van der Waals surface area contributed by atoms with Gasteiger partial charge in [-0.2, -0.15) is 0 Å². The standard InChI is InChI=1S/C19H26N2O2S/c1-13-10-14(2)21-18(20-13)24-12-16(22)11-23-17-8-6-15(7-9-17)19(3,4)5/h6-10,16,22H,11-12H2,1-5H3/t16-/m1/s1. The third kappa shape index (κ3) is 5.80. The molecule has 0 radical (unpaired) electrons. The maximum Gasteiger partial charge on any atom is 0.188 e. The van der Waals surface area contributed by atoms with E-state index in [9.17, 15) is 5.11 Å². The number of hydrogen-bond donors (Lipinski definition) is 1. The molecule has 1 aromatic heterocycles. The zero-order valence-electron chi connectivity index (χ0n) is 15.0.